The molecule has 0 saturated carbocycles. The summed E-state index contributed by atoms with van der Waals surface area (Å²) >= 11 is 0. The van der Waals surface area contributed by atoms with Crippen LogP contribution in [-0.4, -0.2) is 15.0 Å². The van der Waals surface area contributed by atoms with Crippen LogP contribution < -0.4 is 0 Å². The van der Waals surface area contributed by atoms with E-state index in [0.717, 1.165) is 66.1 Å². The van der Waals surface area contributed by atoms with Crippen LogP contribution in [0.3, 0.4) is 0 Å². The van der Waals surface area contributed by atoms with Crippen LogP contribution in [0.2, 0.25) is 0 Å². The molecule has 0 radical (unpaired) electrons. The van der Waals surface area contributed by atoms with Gasteiger partial charge in [0.05, 0.1) is 0 Å². The maximum absolute atomic E-state index is 6.62. The van der Waals surface area contributed by atoms with Crippen molar-refractivity contribution >= 4 is 43.5 Å². The number of aromatic nitrogens is 3. The van der Waals surface area contributed by atoms with Crippen LogP contribution in [-0.2, 0) is 0 Å². The Balaban J connectivity index is 1.19. The highest BCUT2D eigenvalue weighted by molar-refractivity contribution is 6.21. The van der Waals surface area contributed by atoms with Crippen molar-refractivity contribution in [1.82, 2.24) is 15.0 Å². The number of benzene rings is 8. The summed E-state index contributed by atoms with van der Waals surface area (Å²) in [5.74, 6) is 1.83. The van der Waals surface area contributed by atoms with Gasteiger partial charge >= 0.3 is 0 Å². The number of hydrogen-bond donors (Lipinski definition) is 0. The normalized spacial score (nSPS) is 11.5. The quantitative estimate of drug-likeness (QED) is 0.186. The Hall–Kier alpha value is -6.91. The molecule has 0 aliphatic carbocycles. The minimum absolute atomic E-state index is 0.598. The van der Waals surface area contributed by atoms with Crippen molar-refractivity contribution < 1.29 is 4.42 Å². The van der Waals surface area contributed by atoms with Gasteiger partial charge in [-0.05, 0) is 62.7 Å². The zero-order chi connectivity index (χ0) is 33.7. The molecule has 2 heterocycles. The number of nitrogens with zero attached hydrogens (tertiary/aromatic N) is 3. The summed E-state index contributed by atoms with van der Waals surface area (Å²) in [5, 5.41) is 6.57. The lowest BCUT2D eigenvalue weighted by molar-refractivity contribution is 0.672. The van der Waals surface area contributed by atoms with Crippen molar-refractivity contribution in [3.05, 3.63) is 176 Å². The van der Waals surface area contributed by atoms with Gasteiger partial charge in [0, 0.05) is 32.8 Å². The topological polar surface area (TPSA) is 51.8 Å². The van der Waals surface area contributed by atoms with Crippen molar-refractivity contribution in [2.75, 3.05) is 0 Å². The van der Waals surface area contributed by atoms with E-state index in [9.17, 15) is 0 Å². The molecule has 2 aromatic heterocycles. The Morgan fingerprint density at radius 3 is 1.71 bits per heavy atom. The van der Waals surface area contributed by atoms with E-state index in [1.807, 2.05) is 48.5 Å². The smallest absolute Gasteiger partial charge is 0.164 e. The molecule has 10 aromatic rings. The summed E-state index contributed by atoms with van der Waals surface area (Å²) < 4.78 is 6.62. The third-order valence-electron chi connectivity index (χ3n) is 9.72. The lowest BCUT2D eigenvalue weighted by Gasteiger charge is -2.12. The van der Waals surface area contributed by atoms with Crippen LogP contribution in [0.25, 0.3) is 99.9 Å². The molecule has 4 heteroatoms. The third kappa shape index (κ3) is 5.04. The van der Waals surface area contributed by atoms with Crippen LogP contribution in [0.4, 0.5) is 0 Å². The predicted octanol–water partition coefficient (Wildman–Crippen LogP) is 12.4. The molecule has 0 N–H and O–H groups in total. The van der Waals surface area contributed by atoms with E-state index in [0.29, 0.717) is 17.5 Å². The Morgan fingerprint density at radius 2 is 0.922 bits per heavy atom. The SMILES string of the molecule is c1ccc(-c2ccc3c(c2)cc(-c2nc(-c4ccccc4)nc(-c4ccc(-c5cccc6ccccc56)cc4)n2)c2c4ccccc4oc32)cc1. The second-order valence-corrected chi connectivity index (χ2v) is 12.8. The van der Waals surface area contributed by atoms with Gasteiger partial charge < -0.3 is 4.42 Å². The molecular weight excluding hydrogens is 623 g/mol. The molecule has 0 spiro atoms. The second kappa shape index (κ2) is 11.9. The zero-order valence-electron chi connectivity index (χ0n) is 27.5. The molecule has 0 aliphatic heterocycles. The van der Waals surface area contributed by atoms with E-state index in [2.05, 4.69) is 127 Å². The van der Waals surface area contributed by atoms with Crippen LogP contribution in [0.15, 0.2) is 180 Å². The number of rotatable bonds is 5. The largest absolute Gasteiger partial charge is 0.455 e. The summed E-state index contributed by atoms with van der Waals surface area (Å²) in [6.07, 6.45) is 0. The van der Waals surface area contributed by atoms with Crippen LogP contribution in [0, 0.1) is 0 Å². The Morgan fingerprint density at radius 1 is 0.333 bits per heavy atom. The van der Waals surface area contributed by atoms with Crippen molar-refractivity contribution in [3.63, 3.8) is 0 Å². The van der Waals surface area contributed by atoms with E-state index in [-0.39, 0.29) is 0 Å². The maximum atomic E-state index is 6.62. The molecule has 0 unspecified atom stereocenters. The Bertz CT molecular complexity index is 2890. The maximum Gasteiger partial charge on any atom is 0.164 e. The lowest BCUT2D eigenvalue weighted by atomic mass is 9.96. The van der Waals surface area contributed by atoms with Gasteiger partial charge in [0.15, 0.2) is 17.5 Å². The first-order chi connectivity index (χ1) is 25.3. The standard InChI is InChI=1S/C47H29N3O/c1-3-12-30(13-4-1)35-26-27-39-36(28-35)29-41(43-40-19-9-10-21-42(40)51-44(39)43)47-49-45(33-15-5-2-6-16-33)48-46(50-47)34-24-22-32(23-25-34)38-20-11-17-31-14-7-8-18-37(31)38/h1-29H. The number of hydrogen-bond acceptors (Lipinski definition) is 4. The molecule has 4 nitrogen and oxygen atoms in total. The third-order valence-corrected chi connectivity index (χ3v) is 9.72. The Labute approximate surface area is 294 Å². The van der Waals surface area contributed by atoms with Gasteiger partial charge in [-0.1, -0.05) is 152 Å². The fourth-order valence-corrected chi connectivity index (χ4v) is 7.22. The van der Waals surface area contributed by atoms with Crippen LogP contribution >= 0.6 is 0 Å². The molecule has 10 rings (SSSR count). The molecule has 0 amide bonds. The molecule has 0 fully saturated rings. The van der Waals surface area contributed by atoms with Crippen molar-refractivity contribution in [3.8, 4) is 56.4 Å². The van der Waals surface area contributed by atoms with E-state index in [1.165, 1.54) is 16.3 Å². The minimum atomic E-state index is 0.598. The van der Waals surface area contributed by atoms with Crippen molar-refractivity contribution in [2.45, 2.75) is 0 Å². The lowest BCUT2D eigenvalue weighted by Crippen LogP contribution is -2.00. The highest BCUT2D eigenvalue weighted by Crippen LogP contribution is 2.42. The molecule has 8 aromatic carbocycles. The van der Waals surface area contributed by atoms with Crippen LogP contribution in [0.1, 0.15) is 0 Å². The molecule has 0 bridgehead atoms. The molecular formula is C47H29N3O. The number of furan rings is 1. The molecule has 0 aliphatic rings. The van der Waals surface area contributed by atoms with E-state index >= 15 is 0 Å². The van der Waals surface area contributed by atoms with Crippen LogP contribution in [0.5, 0.6) is 0 Å². The number of fused-ring (bicyclic) bond motifs is 6. The number of para-hydroxylation sites is 1. The first-order valence-corrected chi connectivity index (χ1v) is 17.1. The highest BCUT2D eigenvalue weighted by Gasteiger charge is 2.20. The minimum Gasteiger partial charge on any atom is -0.455 e. The van der Waals surface area contributed by atoms with E-state index < -0.39 is 0 Å². The molecule has 0 saturated heterocycles. The van der Waals surface area contributed by atoms with Crippen molar-refractivity contribution in [2.24, 2.45) is 0 Å². The summed E-state index contributed by atoms with van der Waals surface area (Å²) in [6, 6.07) is 61.0. The highest BCUT2D eigenvalue weighted by atomic mass is 16.3. The van der Waals surface area contributed by atoms with E-state index in [4.69, 9.17) is 19.4 Å². The average Bonchev–Trinajstić information content (AvgIpc) is 3.61. The summed E-state index contributed by atoms with van der Waals surface area (Å²) in [4.78, 5) is 15.4. The summed E-state index contributed by atoms with van der Waals surface area (Å²) in [6.45, 7) is 0. The first-order valence-electron chi connectivity index (χ1n) is 17.1. The van der Waals surface area contributed by atoms with Gasteiger partial charge in [-0.15, -0.1) is 0 Å². The van der Waals surface area contributed by atoms with Gasteiger partial charge in [-0.25, -0.2) is 15.0 Å². The van der Waals surface area contributed by atoms with Gasteiger partial charge in [-0.2, -0.15) is 0 Å². The van der Waals surface area contributed by atoms with Crippen molar-refractivity contribution in [1.29, 1.82) is 0 Å². The fraction of sp³-hybridized carbons (Fsp3) is 0. The van der Waals surface area contributed by atoms with Gasteiger partial charge in [0.2, 0.25) is 0 Å². The van der Waals surface area contributed by atoms with Gasteiger partial charge in [0.25, 0.3) is 0 Å². The summed E-state index contributed by atoms with van der Waals surface area (Å²) in [5.41, 5.74) is 9.03. The monoisotopic (exact) mass is 651 g/mol. The summed E-state index contributed by atoms with van der Waals surface area (Å²) in [7, 11) is 0. The Kier molecular flexibility index (Phi) is 6.78. The predicted molar refractivity (Wildman–Crippen MR) is 209 cm³/mol. The molecule has 51 heavy (non-hydrogen) atoms. The van der Waals surface area contributed by atoms with Gasteiger partial charge in [0.1, 0.15) is 11.2 Å². The van der Waals surface area contributed by atoms with Gasteiger partial charge in [-0.3, -0.25) is 0 Å². The second-order valence-electron chi connectivity index (χ2n) is 12.8. The zero-order valence-corrected chi connectivity index (χ0v) is 27.5. The molecule has 238 valence electrons. The van der Waals surface area contributed by atoms with E-state index in [1.54, 1.807) is 0 Å². The molecule has 0 atom stereocenters. The fourth-order valence-electron chi connectivity index (χ4n) is 7.22. The average molecular weight is 652 g/mol. The first kappa shape index (κ1) is 29.0.